The third-order valence-corrected chi connectivity index (χ3v) is 2.37. The second kappa shape index (κ2) is 5.89. The Morgan fingerprint density at radius 1 is 1.28 bits per heavy atom. The first-order valence-corrected chi connectivity index (χ1v) is 6.43. The molecule has 18 heavy (non-hydrogen) atoms. The van der Waals surface area contributed by atoms with E-state index in [0.29, 0.717) is 5.56 Å². The first kappa shape index (κ1) is 14.6. The molecule has 0 saturated heterocycles. The van der Waals surface area contributed by atoms with Gasteiger partial charge in [-0.05, 0) is 37.5 Å². The van der Waals surface area contributed by atoms with E-state index in [1.54, 1.807) is 0 Å². The number of benzene rings is 1. The average Bonchev–Trinajstić information content (AvgIpc) is 2.25. The van der Waals surface area contributed by atoms with Gasteiger partial charge < -0.3 is 10.6 Å². The van der Waals surface area contributed by atoms with Gasteiger partial charge in [0.15, 0.2) is 0 Å². The van der Waals surface area contributed by atoms with Gasteiger partial charge in [0.25, 0.3) is 5.91 Å². The van der Waals surface area contributed by atoms with Gasteiger partial charge in [-0.3, -0.25) is 4.79 Å². The summed E-state index contributed by atoms with van der Waals surface area (Å²) in [6, 6.07) is 7.77. The minimum absolute atomic E-state index is 0.0237. The lowest BCUT2D eigenvalue weighted by Gasteiger charge is -2.20. The van der Waals surface area contributed by atoms with Crippen LogP contribution in [0.3, 0.4) is 0 Å². The zero-order chi connectivity index (χ0) is 13.8. The Morgan fingerprint density at radius 3 is 2.50 bits per heavy atom. The summed E-state index contributed by atoms with van der Waals surface area (Å²) in [6.07, 6.45) is 0. The minimum Gasteiger partial charge on any atom is -0.385 e. The maximum Gasteiger partial charge on any atom is 0.251 e. The van der Waals surface area contributed by atoms with Gasteiger partial charge in [-0.1, -0.05) is 26.8 Å². The summed E-state index contributed by atoms with van der Waals surface area (Å²) < 4.78 is 0. The molecule has 0 aliphatic carbocycles. The van der Waals surface area contributed by atoms with Gasteiger partial charge in [-0.25, -0.2) is 0 Å². The van der Waals surface area contributed by atoms with Crippen molar-refractivity contribution >= 4 is 11.6 Å². The van der Waals surface area contributed by atoms with E-state index in [4.69, 9.17) is 0 Å². The number of amides is 1. The van der Waals surface area contributed by atoms with Crippen molar-refractivity contribution in [2.75, 3.05) is 11.9 Å². The predicted molar refractivity (Wildman–Crippen MR) is 77.0 cm³/mol. The van der Waals surface area contributed by atoms with Gasteiger partial charge in [-0.2, -0.15) is 0 Å². The van der Waals surface area contributed by atoms with Gasteiger partial charge in [-0.15, -0.1) is 0 Å². The van der Waals surface area contributed by atoms with Crippen molar-refractivity contribution in [2.24, 2.45) is 5.41 Å². The fourth-order valence-corrected chi connectivity index (χ4v) is 1.48. The Balaban J connectivity index is 2.70. The molecule has 0 aromatic heterocycles. The molecule has 0 unspecified atom stereocenters. The van der Waals surface area contributed by atoms with E-state index in [1.807, 2.05) is 38.1 Å². The van der Waals surface area contributed by atoms with Crippen LogP contribution in [0.1, 0.15) is 45.0 Å². The molecule has 0 saturated carbocycles. The first-order chi connectivity index (χ1) is 8.28. The van der Waals surface area contributed by atoms with Crippen molar-refractivity contribution in [3.05, 3.63) is 29.8 Å². The lowest BCUT2D eigenvalue weighted by atomic mass is 9.97. The summed E-state index contributed by atoms with van der Waals surface area (Å²) in [4.78, 5) is 11.9. The summed E-state index contributed by atoms with van der Waals surface area (Å²) >= 11 is 0. The van der Waals surface area contributed by atoms with Crippen molar-refractivity contribution in [1.82, 2.24) is 5.32 Å². The predicted octanol–water partition coefficient (Wildman–Crippen LogP) is 3.28. The minimum atomic E-state index is -0.0237. The average molecular weight is 248 g/mol. The Bertz CT molecular complexity index is 405. The van der Waals surface area contributed by atoms with Crippen molar-refractivity contribution in [3.63, 3.8) is 0 Å². The maximum absolute atomic E-state index is 11.9. The summed E-state index contributed by atoms with van der Waals surface area (Å²) in [5, 5.41) is 6.25. The zero-order valence-electron chi connectivity index (χ0n) is 12.0. The van der Waals surface area contributed by atoms with E-state index in [0.717, 1.165) is 12.2 Å². The smallest absolute Gasteiger partial charge is 0.251 e. The van der Waals surface area contributed by atoms with Crippen LogP contribution in [-0.2, 0) is 0 Å². The van der Waals surface area contributed by atoms with Gasteiger partial charge >= 0.3 is 0 Å². The third-order valence-electron chi connectivity index (χ3n) is 2.37. The molecule has 0 fully saturated rings. The zero-order valence-corrected chi connectivity index (χ0v) is 12.0. The number of rotatable bonds is 4. The Kier molecular flexibility index (Phi) is 4.76. The maximum atomic E-state index is 11.9. The highest BCUT2D eigenvalue weighted by molar-refractivity contribution is 5.95. The topological polar surface area (TPSA) is 41.1 Å². The summed E-state index contributed by atoms with van der Waals surface area (Å²) in [6.45, 7) is 11.3. The number of anilines is 1. The normalized spacial score (nSPS) is 11.4. The lowest BCUT2D eigenvalue weighted by molar-refractivity contribution is 0.0943. The largest absolute Gasteiger partial charge is 0.385 e. The highest BCUT2D eigenvalue weighted by Crippen LogP contribution is 2.16. The monoisotopic (exact) mass is 248 g/mol. The van der Waals surface area contributed by atoms with Gasteiger partial charge in [0.05, 0.1) is 0 Å². The second-order valence-electron chi connectivity index (χ2n) is 6.12. The molecule has 2 N–H and O–H groups in total. The second-order valence-corrected chi connectivity index (χ2v) is 6.12. The molecule has 0 aliphatic heterocycles. The molecule has 0 aliphatic rings. The molecule has 1 rings (SSSR count). The summed E-state index contributed by atoms with van der Waals surface area (Å²) in [5.41, 5.74) is 1.90. The van der Waals surface area contributed by atoms with Crippen LogP contribution in [-0.4, -0.2) is 18.5 Å². The number of hydrogen-bond donors (Lipinski definition) is 2. The van der Waals surface area contributed by atoms with E-state index >= 15 is 0 Å². The van der Waals surface area contributed by atoms with E-state index in [2.05, 4.69) is 31.4 Å². The molecule has 3 heteroatoms. The fraction of sp³-hybridized carbons (Fsp3) is 0.533. The standard InChI is InChI=1S/C15H24N2O/c1-11(2)17-14(18)12-7-6-8-13(9-12)16-10-15(3,4)5/h6-9,11,16H,10H2,1-5H3,(H,17,18). The Labute approximate surface area is 110 Å². The first-order valence-electron chi connectivity index (χ1n) is 6.43. The van der Waals surface area contributed by atoms with Gasteiger partial charge in [0.2, 0.25) is 0 Å². The van der Waals surface area contributed by atoms with Crippen LogP contribution in [0.4, 0.5) is 5.69 Å². The van der Waals surface area contributed by atoms with E-state index in [9.17, 15) is 4.79 Å². The lowest BCUT2D eigenvalue weighted by Crippen LogP contribution is -2.30. The van der Waals surface area contributed by atoms with E-state index in [1.165, 1.54) is 0 Å². The van der Waals surface area contributed by atoms with E-state index in [-0.39, 0.29) is 17.4 Å². The van der Waals surface area contributed by atoms with Gasteiger partial charge in [0.1, 0.15) is 0 Å². The number of hydrogen-bond acceptors (Lipinski definition) is 2. The quantitative estimate of drug-likeness (QED) is 0.858. The summed E-state index contributed by atoms with van der Waals surface area (Å²) in [5.74, 6) is -0.0237. The Morgan fingerprint density at radius 2 is 1.94 bits per heavy atom. The molecular weight excluding hydrogens is 224 g/mol. The van der Waals surface area contributed by atoms with Crippen LogP contribution < -0.4 is 10.6 Å². The highest BCUT2D eigenvalue weighted by atomic mass is 16.1. The molecule has 0 atom stereocenters. The number of carbonyl (C=O) groups excluding carboxylic acids is 1. The highest BCUT2D eigenvalue weighted by Gasteiger charge is 2.11. The van der Waals surface area contributed by atoms with Crippen LogP contribution in [0.2, 0.25) is 0 Å². The molecule has 100 valence electrons. The van der Waals surface area contributed by atoms with Crippen molar-refractivity contribution in [3.8, 4) is 0 Å². The SMILES string of the molecule is CC(C)NC(=O)c1cccc(NCC(C)(C)C)c1. The molecule has 0 heterocycles. The molecule has 3 nitrogen and oxygen atoms in total. The third kappa shape index (κ3) is 5.21. The van der Waals surface area contributed by atoms with Crippen molar-refractivity contribution < 1.29 is 4.79 Å². The van der Waals surface area contributed by atoms with E-state index < -0.39 is 0 Å². The molecular formula is C15H24N2O. The fourth-order valence-electron chi connectivity index (χ4n) is 1.48. The van der Waals surface area contributed by atoms with Gasteiger partial charge in [0, 0.05) is 23.8 Å². The van der Waals surface area contributed by atoms with Crippen LogP contribution in [0.15, 0.2) is 24.3 Å². The van der Waals surface area contributed by atoms with Crippen LogP contribution in [0.25, 0.3) is 0 Å². The molecule has 1 aromatic carbocycles. The molecule has 0 radical (unpaired) electrons. The molecule has 1 amide bonds. The number of nitrogens with one attached hydrogen (secondary N) is 2. The molecule has 0 spiro atoms. The van der Waals surface area contributed by atoms with Crippen LogP contribution >= 0.6 is 0 Å². The molecule has 0 bridgehead atoms. The molecule has 1 aromatic rings. The summed E-state index contributed by atoms with van der Waals surface area (Å²) in [7, 11) is 0. The number of carbonyl (C=O) groups is 1. The van der Waals surface area contributed by atoms with Crippen molar-refractivity contribution in [2.45, 2.75) is 40.7 Å². The Hall–Kier alpha value is -1.51. The van der Waals surface area contributed by atoms with Crippen LogP contribution in [0, 0.1) is 5.41 Å². The van der Waals surface area contributed by atoms with Crippen LogP contribution in [0.5, 0.6) is 0 Å². The van der Waals surface area contributed by atoms with Crippen molar-refractivity contribution in [1.29, 1.82) is 0 Å².